The summed E-state index contributed by atoms with van der Waals surface area (Å²) < 4.78 is 34.2. The van der Waals surface area contributed by atoms with E-state index in [2.05, 4.69) is 4.98 Å². The van der Waals surface area contributed by atoms with Gasteiger partial charge in [-0.2, -0.15) is 4.31 Å². The minimum absolute atomic E-state index is 0.0113. The molecule has 0 radical (unpaired) electrons. The number of carbonyl (C=O) groups excluding carboxylic acids is 2. The van der Waals surface area contributed by atoms with E-state index in [0.29, 0.717) is 29.4 Å². The summed E-state index contributed by atoms with van der Waals surface area (Å²) in [7, 11) is 2.49. The van der Waals surface area contributed by atoms with E-state index < -0.39 is 10.0 Å². The maximum Gasteiger partial charge on any atom is 0.243 e. The molecule has 0 aliphatic carbocycles. The van der Waals surface area contributed by atoms with Crippen LogP contribution in [0.4, 0.5) is 5.95 Å². The molecule has 194 valence electrons. The number of sulfonamides is 1. The molecule has 11 heteroatoms. The van der Waals surface area contributed by atoms with Gasteiger partial charge in [-0.25, -0.2) is 13.4 Å². The molecule has 2 aromatic carbocycles. The number of rotatable bonds is 10. The second kappa shape index (κ2) is 10.7. The molecule has 0 saturated carbocycles. The molecule has 0 spiro atoms. The Kier molecular flexibility index (Phi) is 8.05. The Morgan fingerprint density at radius 1 is 1.08 bits per heavy atom. The number of nitrogens with two attached hydrogens (primary N) is 1. The summed E-state index contributed by atoms with van der Waals surface area (Å²) in [4.78, 5) is 31.2. The Morgan fingerprint density at radius 3 is 2.33 bits per heavy atom. The zero-order valence-electron chi connectivity index (χ0n) is 21.5. The van der Waals surface area contributed by atoms with E-state index in [-0.39, 0.29) is 36.0 Å². The molecule has 1 amide bonds. The van der Waals surface area contributed by atoms with Gasteiger partial charge in [0.15, 0.2) is 0 Å². The Balaban J connectivity index is 1.58. The normalized spacial score (nSPS) is 11.8. The third-order valence-electron chi connectivity index (χ3n) is 6.18. The van der Waals surface area contributed by atoms with Gasteiger partial charge < -0.3 is 19.9 Å². The van der Waals surface area contributed by atoms with E-state index in [9.17, 15) is 18.0 Å². The minimum Gasteiger partial charge on any atom is -0.497 e. The van der Waals surface area contributed by atoms with E-state index in [1.165, 1.54) is 19.1 Å². The van der Waals surface area contributed by atoms with Gasteiger partial charge in [0, 0.05) is 40.5 Å². The van der Waals surface area contributed by atoms with E-state index in [4.69, 9.17) is 10.5 Å². The number of Topliss-reactive ketones (excluding diaryl/α,β-unsaturated/α-hetero) is 1. The second-order valence-corrected chi connectivity index (χ2v) is 11.0. The molecule has 0 fully saturated rings. The number of nitrogens with zero attached hydrogens (tertiary/aromatic N) is 4. The van der Waals surface area contributed by atoms with Gasteiger partial charge in [-0.1, -0.05) is 6.07 Å². The topological polar surface area (TPSA) is 128 Å². The highest BCUT2D eigenvalue weighted by Gasteiger charge is 2.27. The number of likely N-dealkylation sites (N-methyl/N-ethyl adjacent to an activating group) is 1. The number of aryl methyl sites for hydroxylation is 3. The van der Waals surface area contributed by atoms with Gasteiger partial charge in [-0.15, -0.1) is 0 Å². The summed E-state index contributed by atoms with van der Waals surface area (Å²) in [6.45, 7) is 3.41. The number of ketones is 1. The molecule has 0 bridgehead atoms. The molecule has 2 N–H and O–H groups in total. The van der Waals surface area contributed by atoms with E-state index >= 15 is 0 Å². The lowest BCUT2D eigenvalue weighted by atomic mass is 10.1. The van der Waals surface area contributed by atoms with E-state index in [1.807, 2.05) is 25.2 Å². The molecule has 3 aromatic rings. The number of fused-ring (bicyclic) bond motifs is 1. The van der Waals surface area contributed by atoms with Crippen molar-refractivity contribution in [1.82, 2.24) is 18.8 Å². The Morgan fingerprint density at radius 2 is 1.72 bits per heavy atom. The van der Waals surface area contributed by atoms with E-state index in [0.717, 1.165) is 20.9 Å². The maximum atomic E-state index is 13.1. The molecule has 3 rings (SSSR count). The fourth-order valence-corrected chi connectivity index (χ4v) is 5.72. The van der Waals surface area contributed by atoms with E-state index in [1.54, 1.807) is 37.6 Å². The zero-order valence-corrected chi connectivity index (χ0v) is 22.3. The van der Waals surface area contributed by atoms with Crippen LogP contribution in [-0.4, -0.2) is 66.6 Å². The molecular formula is C25H33N5O5S. The average molecular weight is 516 g/mol. The van der Waals surface area contributed by atoms with Crippen LogP contribution in [0.5, 0.6) is 5.75 Å². The van der Waals surface area contributed by atoms with Crippen molar-refractivity contribution < 1.29 is 22.7 Å². The highest BCUT2D eigenvalue weighted by atomic mass is 32.2. The standard InChI is InChI=1S/C25H33N5O5S/c1-16-11-20(35-6)12-17(2)24(16)36(33,34)29(4)15-19(31)8-10-23(32)28(3)14-18-7-9-22-21(13-18)27-25(26)30(22)5/h7,9,11-13H,8,10,14-15H2,1-6H3,(H2,26,27). The first-order valence-corrected chi connectivity index (χ1v) is 12.9. The van der Waals surface area contributed by atoms with Gasteiger partial charge in [0.2, 0.25) is 21.9 Å². The number of hydrogen-bond acceptors (Lipinski definition) is 7. The number of ether oxygens (including phenoxy) is 1. The number of methoxy groups -OCH3 is 1. The fraction of sp³-hybridized carbons (Fsp3) is 0.400. The molecule has 0 atom stereocenters. The van der Waals surface area contributed by atoms with Crippen LogP contribution in [0.1, 0.15) is 29.5 Å². The second-order valence-electron chi connectivity index (χ2n) is 8.99. The summed E-state index contributed by atoms with van der Waals surface area (Å²) in [6.07, 6.45) is -0.0674. The fourth-order valence-electron chi connectivity index (χ4n) is 4.17. The quantitative estimate of drug-likeness (QED) is 0.439. The number of benzene rings is 2. The number of carbonyl (C=O) groups is 2. The monoisotopic (exact) mass is 515 g/mol. The first-order chi connectivity index (χ1) is 16.8. The van der Waals surface area contributed by atoms with Gasteiger partial charge in [-0.3, -0.25) is 9.59 Å². The molecule has 10 nitrogen and oxygen atoms in total. The van der Waals surface area contributed by atoms with Crippen molar-refractivity contribution in [3.8, 4) is 5.75 Å². The van der Waals surface area contributed by atoms with Crippen LogP contribution in [0.15, 0.2) is 35.2 Å². The summed E-state index contributed by atoms with van der Waals surface area (Å²) >= 11 is 0. The maximum absolute atomic E-state index is 13.1. The predicted molar refractivity (Wildman–Crippen MR) is 138 cm³/mol. The van der Waals surface area contributed by atoms with Crippen molar-refractivity contribution in [3.63, 3.8) is 0 Å². The van der Waals surface area contributed by atoms with Gasteiger partial charge in [0.05, 0.1) is 29.6 Å². The number of imidazole rings is 1. The molecule has 0 unspecified atom stereocenters. The van der Waals surface area contributed by atoms with Crippen molar-refractivity contribution in [2.45, 2.75) is 38.1 Å². The SMILES string of the molecule is COc1cc(C)c(S(=O)(=O)N(C)CC(=O)CCC(=O)N(C)Cc2ccc3c(c2)nc(N)n3C)c(C)c1. The number of nitrogen functional groups attached to an aromatic ring is 1. The van der Waals surface area contributed by atoms with Crippen molar-refractivity contribution in [2.75, 3.05) is 33.5 Å². The summed E-state index contributed by atoms with van der Waals surface area (Å²) in [6, 6.07) is 8.97. The third kappa shape index (κ3) is 5.68. The highest BCUT2D eigenvalue weighted by molar-refractivity contribution is 7.89. The molecule has 0 aliphatic heterocycles. The van der Waals surface area contributed by atoms with Gasteiger partial charge in [0.1, 0.15) is 11.5 Å². The van der Waals surface area contributed by atoms with Crippen molar-refractivity contribution in [1.29, 1.82) is 0 Å². The van der Waals surface area contributed by atoms with Crippen LogP contribution in [0.25, 0.3) is 11.0 Å². The third-order valence-corrected chi connectivity index (χ3v) is 8.29. The summed E-state index contributed by atoms with van der Waals surface area (Å²) in [5.41, 5.74) is 9.45. The lowest BCUT2D eigenvalue weighted by Gasteiger charge is -2.20. The van der Waals surface area contributed by atoms with Crippen LogP contribution < -0.4 is 10.5 Å². The molecular weight excluding hydrogens is 482 g/mol. The van der Waals surface area contributed by atoms with Crippen molar-refractivity contribution >= 4 is 38.7 Å². The van der Waals surface area contributed by atoms with Crippen LogP contribution >= 0.6 is 0 Å². The number of amides is 1. The summed E-state index contributed by atoms with van der Waals surface area (Å²) in [5.74, 6) is 0.428. The van der Waals surface area contributed by atoms with Crippen LogP contribution in [0.3, 0.4) is 0 Å². The highest BCUT2D eigenvalue weighted by Crippen LogP contribution is 2.28. The Bertz CT molecular complexity index is 1390. The molecule has 0 saturated heterocycles. The Hall–Kier alpha value is -3.44. The van der Waals surface area contributed by atoms with Crippen molar-refractivity contribution in [2.24, 2.45) is 7.05 Å². The molecule has 1 heterocycles. The van der Waals surface area contributed by atoms with Gasteiger partial charge in [0.25, 0.3) is 0 Å². The molecule has 36 heavy (non-hydrogen) atoms. The van der Waals surface area contributed by atoms with Crippen LogP contribution in [0, 0.1) is 13.8 Å². The lowest BCUT2D eigenvalue weighted by Crippen LogP contribution is -2.34. The smallest absolute Gasteiger partial charge is 0.243 e. The lowest BCUT2D eigenvalue weighted by molar-refractivity contribution is -0.132. The van der Waals surface area contributed by atoms with Crippen LogP contribution in [-0.2, 0) is 33.2 Å². The van der Waals surface area contributed by atoms with Crippen molar-refractivity contribution in [3.05, 3.63) is 47.0 Å². The number of aromatic nitrogens is 2. The van der Waals surface area contributed by atoms with Gasteiger partial charge >= 0.3 is 0 Å². The first kappa shape index (κ1) is 27.2. The van der Waals surface area contributed by atoms with Gasteiger partial charge in [-0.05, 0) is 54.8 Å². The van der Waals surface area contributed by atoms with Crippen LogP contribution in [0.2, 0.25) is 0 Å². The molecule has 0 aliphatic rings. The zero-order chi connectivity index (χ0) is 26.8. The summed E-state index contributed by atoms with van der Waals surface area (Å²) in [5, 5.41) is 0. The number of anilines is 1. The largest absolute Gasteiger partial charge is 0.497 e. The minimum atomic E-state index is -3.89. The predicted octanol–water partition coefficient (Wildman–Crippen LogP) is 2.41. The first-order valence-electron chi connectivity index (χ1n) is 11.4. The number of hydrogen-bond donors (Lipinski definition) is 1. The molecule has 1 aromatic heterocycles. The average Bonchev–Trinajstić information content (AvgIpc) is 3.09. The Labute approximate surface area is 211 Å².